The van der Waals surface area contributed by atoms with Crippen molar-refractivity contribution in [2.75, 3.05) is 29.9 Å². The maximum atomic E-state index is 12.9. The second-order valence-corrected chi connectivity index (χ2v) is 6.36. The van der Waals surface area contributed by atoms with Crippen LogP contribution in [-0.4, -0.2) is 42.4 Å². The molecule has 8 heteroatoms. The molecule has 0 radical (unpaired) electrons. The van der Waals surface area contributed by atoms with Gasteiger partial charge in [0.2, 0.25) is 11.8 Å². The average Bonchev–Trinajstić information content (AvgIpc) is 2.59. The molecule has 1 aromatic rings. The lowest BCUT2D eigenvalue weighted by molar-refractivity contribution is -0.137. The maximum absolute atomic E-state index is 12.9. The molecule has 0 bridgehead atoms. The summed E-state index contributed by atoms with van der Waals surface area (Å²) >= 11 is 0. The molecule has 2 amide bonds. The van der Waals surface area contributed by atoms with Crippen molar-refractivity contribution in [2.45, 2.75) is 45.8 Å². The summed E-state index contributed by atoms with van der Waals surface area (Å²) < 4.78 is 38.7. The van der Waals surface area contributed by atoms with E-state index in [1.165, 1.54) is 11.0 Å². The summed E-state index contributed by atoms with van der Waals surface area (Å²) in [5, 5.41) is 2.43. The van der Waals surface area contributed by atoms with Crippen LogP contribution in [-0.2, 0) is 15.8 Å². The molecule has 0 saturated heterocycles. The van der Waals surface area contributed by atoms with Gasteiger partial charge < -0.3 is 5.32 Å². The summed E-state index contributed by atoms with van der Waals surface area (Å²) in [5.74, 6) is -0.798. The summed E-state index contributed by atoms with van der Waals surface area (Å²) in [6.07, 6.45) is -2.58. The number of alkyl halides is 3. The summed E-state index contributed by atoms with van der Waals surface area (Å²) in [6.45, 7) is 6.99. The third-order valence-corrected chi connectivity index (χ3v) is 4.57. The molecule has 5 nitrogen and oxygen atoms in total. The average molecular weight is 371 g/mol. The van der Waals surface area contributed by atoms with E-state index in [9.17, 15) is 22.8 Å². The van der Waals surface area contributed by atoms with Gasteiger partial charge in [0, 0.05) is 0 Å². The summed E-state index contributed by atoms with van der Waals surface area (Å²) in [5.41, 5.74) is -0.564. The van der Waals surface area contributed by atoms with Gasteiger partial charge in [0.05, 0.1) is 23.0 Å². The number of carbonyl (C=O) groups excluding carboxylic acids is 2. The van der Waals surface area contributed by atoms with E-state index < -0.39 is 23.7 Å². The number of likely N-dealkylation sites (N-methyl/N-ethyl adjacent to an activating group) is 1. The van der Waals surface area contributed by atoms with E-state index in [0.29, 0.717) is 12.2 Å². The highest BCUT2D eigenvalue weighted by molar-refractivity contribution is 6.11. The molecule has 1 N–H and O–H groups in total. The van der Waals surface area contributed by atoms with E-state index in [1.54, 1.807) is 6.92 Å². The molecular formula is C18H24F3N3O2. The Morgan fingerprint density at radius 3 is 2.62 bits per heavy atom. The van der Waals surface area contributed by atoms with Crippen molar-refractivity contribution in [1.29, 1.82) is 0 Å². The van der Waals surface area contributed by atoms with E-state index in [0.717, 1.165) is 31.5 Å². The molecule has 0 fully saturated rings. The van der Waals surface area contributed by atoms with E-state index in [1.807, 2.05) is 11.8 Å². The molecule has 1 aromatic carbocycles. The number of amides is 2. The minimum absolute atomic E-state index is 0.00762. The fourth-order valence-electron chi connectivity index (χ4n) is 3.03. The van der Waals surface area contributed by atoms with E-state index >= 15 is 0 Å². The van der Waals surface area contributed by atoms with Crippen LogP contribution in [0.3, 0.4) is 0 Å². The lowest BCUT2D eigenvalue weighted by Crippen LogP contribution is -2.51. The number of fused-ring (bicyclic) bond motifs is 1. The van der Waals surface area contributed by atoms with Crippen LogP contribution in [0.15, 0.2) is 18.2 Å². The number of benzene rings is 1. The summed E-state index contributed by atoms with van der Waals surface area (Å²) in [4.78, 5) is 28.1. The number of nitrogens with zero attached hydrogens (tertiary/aromatic N) is 2. The molecule has 1 unspecified atom stereocenters. The van der Waals surface area contributed by atoms with Crippen molar-refractivity contribution >= 4 is 23.2 Å². The van der Waals surface area contributed by atoms with Crippen LogP contribution in [0.5, 0.6) is 0 Å². The Morgan fingerprint density at radius 1 is 1.35 bits per heavy atom. The van der Waals surface area contributed by atoms with Crippen LogP contribution >= 0.6 is 0 Å². The Balaban J connectivity index is 2.30. The Morgan fingerprint density at radius 2 is 2.04 bits per heavy atom. The zero-order valence-electron chi connectivity index (χ0n) is 15.2. The minimum atomic E-state index is -4.52. The van der Waals surface area contributed by atoms with Crippen LogP contribution in [0.2, 0.25) is 0 Å². The highest BCUT2D eigenvalue weighted by Crippen LogP contribution is 2.37. The lowest BCUT2D eigenvalue weighted by atomic mass is 10.1. The number of nitrogens with one attached hydrogen (secondary N) is 1. The van der Waals surface area contributed by atoms with Gasteiger partial charge in [-0.1, -0.05) is 20.3 Å². The minimum Gasteiger partial charge on any atom is -0.323 e. The molecule has 0 aromatic heterocycles. The maximum Gasteiger partial charge on any atom is 0.416 e. The Labute approximate surface area is 151 Å². The predicted molar refractivity (Wildman–Crippen MR) is 94.0 cm³/mol. The second-order valence-electron chi connectivity index (χ2n) is 6.36. The number of halogens is 3. The monoisotopic (exact) mass is 371 g/mol. The van der Waals surface area contributed by atoms with Crippen LogP contribution in [0, 0.1) is 0 Å². The van der Waals surface area contributed by atoms with E-state index in [2.05, 4.69) is 12.2 Å². The number of rotatable bonds is 6. The van der Waals surface area contributed by atoms with E-state index in [4.69, 9.17) is 0 Å². The van der Waals surface area contributed by atoms with Gasteiger partial charge in [0.25, 0.3) is 0 Å². The zero-order chi connectivity index (χ0) is 19.5. The van der Waals surface area contributed by atoms with Crippen molar-refractivity contribution < 1.29 is 22.8 Å². The molecular weight excluding hydrogens is 347 g/mol. The summed E-state index contributed by atoms with van der Waals surface area (Å²) in [6, 6.07) is 2.57. The van der Waals surface area contributed by atoms with Crippen LogP contribution in [0.25, 0.3) is 0 Å². The standard InChI is InChI=1S/C18H24F3N3O2/c1-4-6-9-23(5-2)12(3)17(26)24-11-16(25)22-14-10-13(18(19,20)21)7-8-15(14)24/h7-8,10,12H,4-6,9,11H2,1-3H3,(H,22,25). The molecule has 0 saturated carbocycles. The van der Waals surface area contributed by atoms with Gasteiger partial charge in [0.15, 0.2) is 0 Å². The number of carbonyl (C=O) groups is 2. The normalized spacial score (nSPS) is 15.7. The van der Waals surface area contributed by atoms with Crippen molar-refractivity contribution in [3.05, 3.63) is 23.8 Å². The third kappa shape index (κ3) is 4.35. The van der Waals surface area contributed by atoms with Gasteiger partial charge in [-0.3, -0.25) is 19.4 Å². The number of unbranched alkanes of at least 4 members (excludes halogenated alkanes) is 1. The molecule has 0 aliphatic carbocycles. The Kier molecular flexibility index (Phi) is 6.28. The molecule has 1 aliphatic rings. The molecule has 1 atom stereocenters. The van der Waals surface area contributed by atoms with Gasteiger partial charge in [0.1, 0.15) is 6.54 Å². The smallest absolute Gasteiger partial charge is 0.323 e. The second kappa shape index (κ2) is 8.07. The van der Waals surface area contributed by atoms with Gasteiger partial charge in [-0.25, -0.2) is 0 Å². The first-order valence-corrected chi connectivity index (χ1v) is 8.75. The van der Waals surface area contributed by atoms with E-state index in [-0.39, 0.29) is 18.1 Å². The largest absolute Gasteiger partial charge is 0.416 e. The fourth-order valence-corrected chi connectivity index (χ4v) is 3.03. The van der Waals surface area contributed by atoms with Crippen LogP contribution in [0.4, 0.5) is 24.5 Å². The molecule has 26 heavy (non-hydrogen) atoms. The molecule has 1 aliphatic heterocycles. The number of hydrogen-bond donors (Lipinski definition) is 1. The fraction of sp³-hybridized carbons (Fsp3) is 0.556. The Bertz CT molecular complexity index is 676. The molecule has 2 rings (SSSR count). The predicted octanol–water partition coefficient (Wildman–Crippen LogP) is 3.50. The number of hydrogen-bond acceptors (Lipinski definition) is 3. The lowest BCUT2D eigenvalue weighted by Gasteiger charge is -2.35. The molecule has 1 heterocycles. The van der Waals surface area contributed by atoms with Crippen LogP contribution in [0.1, 0.15) is 39.2 Å². The topological polar surface area (TPSA) is 52.7 Å². The third-order valence-electron chi connectivity index (χ3n) is 4.57. The van der Waals surface area contributed by atoms with Gasteiger partial charge >= 0.3 is 6.18 Å². The van der Waals surface area contributed by atoms with Gasteiger partial charge in [-0.15, -0.1) is 0 Å². The quantitative estimate of drug-likeness (QED) is 0.833. The van der Waals surface area contributed by atoms with Crippen molar-refractivity contribution in [2.24, 2.45) is 0 Å². The summed E-state index contributed by atoms with van der Waals surface area (Å²) in [7, 11) is 0. The first kappa shape index (κ1) is 20.2. The first-order valence-electron chi connectivity index (χ1n) is 8.75. The Hall–Kier alpha value is -2.09. The highest BCUT2D eigenvalue weighted by Gasteiger charge is 2.35. The van der Waals surface area contributed by atoms with Crippen molar-refractivity contribution in [1.82, 2.24) is 4.90 Å². The first-order chi connectivity index (χ1) is 12.2. The molecule has 0 spiro atoms. The number of anilines is 2. The van der Waals surface area contributed by atoms with Crippen LogP contribution < -0.4 is 10.2 Å². The van der Waals surface area contributed by atoms with Crippen molar-refractivity contribution in [3.63, 3.8) is 0 Å². The van der Waals surface area contributed by atoms with Crippen molar-refractivity contribution in [3.8, 4) is 0 Å². The zero-order valence-corrected chi connectivity index (χ0v) is 15.2. The molecule has 144 valence electrons. The van der Waals surface area contributed by atoms with Gasteiger partial charge in [-0.2, -0.15) is 13.2 Å². The highest BCUT2D eigenvalue weighted by atomic mass is 19.4. The SMILES string of the molecule is CCCCN(CC)C(C)C(=O)N1CC(=O)Nc2cc(C(F)(F)F)ccc21. The van der Waals surface area contributed by atoms with Gasteiger partial charge in [-0.05, 0) is 44.6 Å².